The zero-order valence-corrected chi connectivity index (χ0v) is 11.5. The van der Waals surface area contributed by atoms with E-state index in [0.717, 1.165) is 12.8 Å². The number of rotatable bonds is 1. The topological polar surface area (TPSA) is 20.3 Å². The second kappa shape index (κ2) is 5.36. The Labute approximate surface area is 113 Å². The number of likely N-dealkylation sites (tertiary alicyclic amines) is 1. The fraction of sp³-hybridized carbons (Fsp3) is 0.417. The number of hydrogen-bond acceptors (Lipinski definition) is 1. The van der Waals surface area contributed by atoms with Gasteiger partial charge in [0.05, 0.1) is 4.47 Å². The van der Waals surface area contributed by atoms with Crippen LogP contribution in [0.2, 0.25) is 0 Å². The van der Waals surface area contributed by atoms with Gasteiger partial charge in [-0.25, -0.2) is 4.39 Å². The van der Waals surface area contributed by atoms with Gasteiger partial charge in [0, 0.05) is 24.0 Å². The van der Waals surface area contributed by atoms with Crippen molar-refractivity contribution in [1.29, 1.82) is 0 Å². The predicted molar refractivity (Wildman–Crippen MR) is 68.9 cm³/mol. The Balaban J connectivity index is 2.11. The number of carbonyl (C=O) groups is 1. The highest BCUT2D eigenvalue weighted by Crippen LogP contribution is 2.20. The van der Waals surface area contributed by atoms with E-state index in [1.165, 1.54) is 6.07 Å². The summed E-state index contributed by atoms with van der Waals surface area (Å²) in [6, 6.07) is 4.44. The quantitative estimate of drug-likeness (QED) is 0.726. The van der Waals surface area contributed by atoms with Crippen LogP contribution in [0.1, 0.15) is 23.2 Å². The van der Waals surface area contributed by atoms with E-state index < -0.39 is 5.82 Å². The molecule has 1 aromatic carbocycles. The highest BCUT2D eigenvalue weighted by molar-refractivity contribution is 9.10. The Morgan fingerprint density at radius 3 is 2.65 bits per heavy atom. The molecule has 2 nitrogen and oxygen atoms in total. The van der Waals surface area contributed by atoms with Crippen LogP contribution in [0.4, 0.5) is 4.39 Å². The van der Waals surface area contributed by atoms with E-state index >= 15 is 0 Å². The van der Waals surface area contributed by atoms with Gasteiger partial charge in [-0.3, -0.25) is 4.79 Å². The van der Waals surface area contributed by atoms with Crippen LogP contribution in [-0.4, -0.2) is 29.3 Å². The molecule has 0 spiro atoms. The van der Waals surface area contributed by atoms with Crippen molar-refractivity contribution < 1.29 is 9.18 Å². The molecule has 0 aliphatic carbocycles. The summed E-state index contributed by atoms with van der Waals surface area (Å²) < 4.78 is 13.7. The first-order chi connectivity index (χ1) is 8.08. The van der Waals surface area contributed by atoms with E-state index in [1.807, 2.05) is 0 Å². The van der Waals surface area contributed by atoms with E-state index in [-0.39, 0.29) is 11.3 Å². The van der Waals surface area contributed by atoms with Crippen LogP contribution in [0.5, 0.6) is 0 Å². The Hall–Kier alpha value is -0.610. The predicted octanol–water partition coefficient (Wildman–Crippen LogP) is 3.43. The molecule has 1 amide bonds. The maximum Gasteiger partial charge on any atom is 0.253 e. The van der Waals surface area contributed by atoms with Gasteiger partial charge in [0.15, 0.2) is 0 Å². The maximum absolute atomic E-state index is 13.3. The molecule has 0 radical (unpaired) electrons. The minimum absolute atomic E-state index is 0.125. The van der Waals surface area contributed by atoms with Crippen LogP contribution in [0.25, 0.3) is 0 Å². The molecule has 0 bridgehead atoms. The van der Waals surface area contributed by atoms with Gasteiger partial charge < -0.3 is 4.90 Å². The summed E-state index contributed by atoms with van der Waals surface area (Å²) in [7, 11) is 0. The molecular formula is C12H12BrClFNO. The number of piperidine rings is 1. The summed E-state index contributed by atoms with van der Waals surface area (Å²) in [4.78, 5) is 13.8. The lowest BCUT2D eigenvalue weighted by Crippen LogP contribution is -2.38. The van der Waals surface area contributed by atoms with Gasteiger partial charge in [-0.2, -0.15) is 0 Å². The minimum atomic E-state index is -0.414. The molecule has 1 fully saturated rings. The number of benzene rings is 1. The Bertz CT molecular complexity index is 433. The van der Waals surface area contributed by atoms with E-state index in [2.05, 4.69) is 15.9 Å². The summed E-state index contributed by atoms with van der Waals surface area (Å²) in [6.07, 6.45) is 1.60. The molecule has 1 aliphatic heterocycles. The standard InChI is InChI=1S/C12H12BrClFNO/c13-10-2-1-8(7-11(10)15)12(17)16-5-3-9(14)4-6-16/h1-2,7,9H,3-6H2. The molecule has 0 N–H and O–H groups in total. The molecule has 2 rings (SSSR count). The monoisotopic (exact) mass is 319 g/mol. The normalized spacial score (nSPS) is 17.2. The molecule has 1 aromatic rings. The lowest BCUT2D eigenvalue weighted by atomic mass is 10.1. The zero-order chi connectivity index (χ0) is 12.4. The molecule has 0 aromatic heterocycles. The van der Waals surface area contributed by atoms with Crippen molar-refractivity contribution in [3.63, 3.8) is 0 Å². The first-order valence-electron chi connectivity index (χ1n) is 5.46. The second-order valence-electron chi connectivity index (χ2n) is 4.10. The van der Waals surface area contributed by atoms with Crippen LogP contribution >= 0.6 is 27.5 Å². The third-order valence-corrected chi connectivity index (χ3v) is 3.96. The van der Waals surface area contributed by atoms with Crippen LogP contribution in [0.3, 0.4) is 0 Å². The van der Waals surface area contributed by atoms with Gasteiger partial charge in [-0.15, -0.1) is 11.6 Å². The number of hydrogen-bond donors (Lipinski definition) is 0. The summed E-state index contributed by atoms with van der Waals surface area (Å²) in [6.45, 7) is 1.29. The minimum Gasteiger partial charge on any atom is -0.339 e. The molecule has 5 heteroatoms. The molecule has 1 heterocycles. The SMILES string of the molecule is O=C(c1ccc(Br)c(F)c1)N1CCC(Cl)CC1. The van der Waals surface area contributed by atoms with Crippen molar-refractivity contribution in [2.45, 2.75) is 18.2 Å². The van der Waals surface area contributed by atoms with Crippen molar-refractivity contribution in [2.75, 3.05) is 13.1 Å². The molecule has 0 unspecified atom stereocenters. The number of halogens is 3. The van der Waals surface area contributed by atoms with Crippen molar-refractivity contribution in [3.8, 4) is 0 Å². The number of alkyl halides is 1. The molecule has 17 heavy (non-hydrogen) atoms. The van der Waals surface area contributed by atoms with Gasteiger partial charge >= 0.3 is 0 Å². The first kappa shape index (κ1) is 12.8. The second-order valence-corrected chi connectivity index (χ2v) is 5.57. The first-order valence-corrected chi connectivity index (χ1v) is 6.69. The third-order valence-electron chi connectivity index (χ3n) is 2.88. The lowest BCUT2D eigenvalue weighted by molar-refractivity contribution is 0.0726. The van der Waals surface area contributed by atoms with Crippen LogP contribution < -0.4 is 0 Å². The van der Waals surface area contributed by atoms with E-state index in [1.54, 1.807) is 17.0 Å². The smallest absolute Gasteiger partial charge is 0.253 e. The average molecular weight is 321 g/mol. The van der Waals surface area contributed by atoms with Crippen molar-refractivity contribution in [2.24, 2.45) is 0 Å². The highest BCUT2D eigenvalue weighted by Gasteiger charge is 2.22. The lowest BCUT2D eigenvalue weighted by Gasteiger charge is -2.29. The summed E-state index contributed by atoms with van der Waals surface area (Å²) >= 11 is 9.04. The molecule has 92 valence electrons. The van der Waals surface area contributed by atoms with E-state index in [0.29, 0.717) is 23.1 Å². The molecular weight excluding hydrogens is 308 g/mol. The van der Waals surface area contributed by atoms with Crippen molar-refractivity contribution in [1.82, 2.24) is 4.90 Å². The Morgan fingerprint density at radius 1 is 1.41 bits per heavy atom. The van der Waals surface area contributed by atoms with Gasteiger partial charge in [0.25, 0.3) is 5.91 Å². The van der Waals surface area contributed by atoms with Crippen LogP contribution in [0, 0.1) is 5.82 Å². The van der Waals surface area contributed by atoms with E-state index in [9.17, 15) is 9.18 Å². The maximum atomic E-state index is 13.3. The summed E-state index contributed by atoms with van der Waals surface area (Å²) in [5.74, 6) is -0.539. The number of nitrogens with zero attached hydrogens (tertiary/aromatic N) is 1. The van der Waals surface area contributed by atoms with Crippen LogP contribution in [0.15, 0.2) is 22.7 Å². The Kier molecular flexibility index (Phi) is 4.05. The zero-order valence-electron chi connectivity index (χ0n) is 9.13. The average Bonchev–Trinajstić information content (AvgIpc) is 2.33. The van der Waals surface area contributed by atoms with E-state index in [4.69, 9.17) is 11.6 Å². The highest BCUT2D eigenvalue weighted by atomic mass is 79.9. The van der Waals surface area contributed by atoms with Gasteiger partial charge in [-0.05, 0) is 47.0 Å². The largest absolute Gasteiger partial charge is 0.339 e. The van der Waals surface area contributed by atoms with Crippen molar-refractivity contribution >= 4 is 33.4 Å². The van der Waals surface area contributed by atoms with Gasteiger partial charge in [0.2, 0.25) is 0 Å². The summed E-state index contributed by atoms with van der Waals surface area (Å²) in [5, 5.41) is 0.153. The third kappa shape index (κ3) is 2.99. The Morgan fingerprint density at radius 2 is 2.06 bits per heavy atom. The van der Waals surface area contributed by atoms with Gasteiger partial charge in [0.1, 0.15) is 5.82 Å². The molecule has 0 saturated carbocycles. The van der Waals surface area contributed by atoms with Gasteiger partial charge in [-0.1, -0.05) is 0 Å². The fourth-order valence-corrected chi connectivity index (χ4v) is 2.30. The molecule has 0 atom stereocenters. The van der Waals surface area contributed by atoms with Crippen LogP contribution in [-0.2, 0) is 0 Å². The number of carbonyl (C=O) groups excluding carboxylic acids is 1. The number of amides is 1. The van der Waals surface area contributed by atoms with Crippen molar-refractivity contribution in [3.05, 3.63) is 34.1 Å². The summed E-state index contributed by atoms with van der Waals surface area (Å²) in [5.41, 5.74) is 0.388. The molecule has 1 aliphatic rings. The fourth-order valence-electron chi connectivity index (χ4n) is 1.86. The molecule has 1 saturated heterocycles.